The van der Waals surface area contributed by atoms with Gasteiger partial charge in [0.15, 0.2) is 5.75 Å². The van der Waals surface area contributed by atoms with Crippen LogP contribution in [0.5, 0.6) is 11.5 Å². The molecule has 0 aliphatic heterocycles. The van der Waals surface area contributed by atoms with Crippen molar-refractivity contribution >= 4 is 62.7 Å². The first kappa shape index (κ1) is 23.9. The first-order chi connectivity index (χ1) is 15.4. The highest BCUT2D eigenvalue weighted by Gasteiger charge is 2.22. The van der Waals surface area contributed by atoms with E-state index in [2.05, 4.69) is 36.8 Å². The number of halogens is 3. The maximum absolute atomic E-state index is 13.2. The van der Waals surface area contributed by atoms with Gasteiger partial charge < -0.3 is 9.72 Å². The molecule has 0 saturated heterocycles. The number of aromatic nitrogens is 1. The summed E-state index contributed by atoms with van der Waals surface area (Å²) in [5.41, 5.74) is 0.891. The smallest absolute Gasteiger partial charge is 0.269 e. The molecule has 0 fully saturated rings. The number of ether oxygens (including phenoxy) is 1. The Hall–Kier alpha value is -2.25. The average Bonchev–Trinajstić information content (AvgIpc) is 3.14. The molecule has 0 atom stereocenters. The van der Waals surface area contributed by atoms with Crippen LogP contribution in [-0.4, -0.2) is 26.4 Å². The highest BCUT2D eigenvalue weighted by molar-refractivity contribution is 9.11. The van der Waals surface area contributed by atoms with Crippen LogP contribution in [0.3, 0.4) is 0 Å². The van der Waals surface area contributed by atoms with Gasteiger partial charge in [-0.05, 0) is 92.0 Å². The SMILES string of the molecule is O=S(=O)(O)Cc1cc(Br)c(Oc2ccc3[nH]cc(S(=O)(=O)c4ccc(F)cc4)c3c2)c(Br)c1. The van der Waals surface area contributed by atoms with E-state index >= 15 is 0 Å². The van der Waals surface area contributed by atoms with Crippen molar-refractivity contribution in [3.8, 4) is 11.5 Å². The van der Waals surface area contributed by atoms with E-state index in [9.17, 15) is 21.2 Å². The Balaban J connectivity index is 1.72. The van der Waals surface area contributed by atoms with Crippen molar-refractivity contribution < 1.29 is 30.5 Å². The molecule has 1 aromatic heterocycles. The van der Waals surface area contributed by atoms with Crippen molar-refractivity contribution in [2.24, 2.45) is 0 Å². The van der Waals surface area contributed by atoms with Gasteiger partial charge in [-0.25, -0.2) is 12.8 Å². The predicted molar refractivity (Wildman–Crippen MR) is 127 cm³/mol. The van der Waals surface area contributed by atoms with Gasteiger partial charge in [0.25, 0.3) is 10.1 Å². The monoisotopic (exact) mass is 617 g/mol. The van der Waals surface area contributed by atoms with E-state index in [0.717, 1.165) is 12.1 Å². The van der Waals surface area contributed by atoms with Crippen LogP contribution in [0.1, 0.15) is 5.56 Å². The van der Waals surface area contributed by atoms with E-state index in [0.29, 0.717) is 36.9 Å². The third-order valence-corrected chi connectivity index (χ3v) is 8.34. The summed E-state index contributed by atoms with van der Waals surface area (Å²) in [6, 6.07) is 12.4. The van der Waals surface area contributed by atoms with Crippen molar-refractivity contribution in [2.45, 2.75) is 15.5 Å². The largest absolute Gasteiger partial charge is 0.455 e. The Morgan fingerprint density at radius 1 is 0.939 bits per heavy atom. The van der Waals surface area contributed by atoms with Gasteiger partial charge in [0.1, 0.15) is 17.3 Å². The Kier molecular flexibility index (Phi) is 6.40. The number of H-pyrrole nitrogens is 1. The molecule has 4 rings (SSSR count). The van der Waals surface area contributed by atoms with Gasteiger partial charge >= 0.3 is 0 Å². The standard InChI is InChI=1S/C21H14Br2FNO6S2/c22-17-7-12(11-32(26,27)28)8-18(23)21(17)31-14-3-6-19-16(9-14)20(10-25-19)33(29,30)15-4-1-13(24)2-5-15/h1-10,25H,11H2,(H,26,27,28). The minimum absolute atomic E-state index is 0.0104. The summed E-state index contributed by atoms with van der Waals surface area (Å²) in [5, 5.41) is 0.382. The lowest BCUT2D eigenvalue weighted by molar-refractivity contribution is 0.475. The fraction of sp³-hybridized carbons (Fsp3) is 0.0476. The zero-order chi connectivity index (χ0) is 24.0. The quantitative estimate of drug-likeness (QED) is 0.207. The Labute approximate surface area is 205 Å². The number of benzene rings is 3. The molecule has 0 radical (unpaired) electrons. The van der Waals surface area contributed by atoms with E-state index in [-0.39, 0.29) is 9.79 Å². The number of sulfone groups is 1. The fourth-order valence-corrected chi connectivity index (χ4v) is 6.67. The van der Waals surface area contributed by atoms with Crippen LogP contribution in [0.25, 0.3) is 10.9 Å². The molecule has 4 aromatic rings. The normalized spacial score (nSPS) is 12.2. The fourth-order valence-electron chi connectivity index (χ4n) is 3.22. The van der Waals surface area contributed by atoms with Crippen LogP contribution in [0.15, 0.2) is 79.5 Å². The molecule has 0 unspecified atom stereocenters. The maximum Gasteiger partial charge on any atom is 0.269 e. The van der Waals surface area contributed by atoms with E-state index in [1.165, 1.54) is 30.5 Å². The Morgan fingerprint density at radius 3 is 2.18 bits per heavy atom. The zero-order valence-electron chi connectivity index (χ0n) is 16.4. The van der Waals surface area contributed by atoms with Crippen LogP contribution in [0, 0.1) is 5.82 Å². The molecule has 1 heterocycles. The topological polar surface area (TPSA) is 114 Å². The molecule has 0 aliphatic carbocycles. The van der Waals surface area contributed by atoms with Gasteiger partial charge in [-0.2, -0.15) is 8.42 Å². The summed E-state index contributed by atoms with van der Waals surface area (Å²) in [5.74, 6) is -0.458. The van der Waals surface area contributed by atoms with Gasteiger partial charge in [0.05, 0.1) is 18.7 Å². The minimum Gasteiger partial charge on any atom is -0.455 e. The van der Waals surface area contributed by atoms with E-state index < -0.39 is 31.5 Å². The molecule has 12 heteroatoms. The van der Waals surface area contributed by atoms with Crippen molar-refractivity contribution in [3.63, 3.8) is 0 Å². The van der Waals surface area contributed by atoms with Crippen LogP contribution < -0.4 is 4.74 Å². The summed E-state index contributed by atoms with van der Waals surface area (Å²) in [4.78, 5) is 2.88. The summed E-state index contributed by atoms with van der Waals surface area (Å²) < 4.78 is 77.5. The molecule has 7 nitrogen and oxygen atoms in total. The van der Waals surface area contributed by atoms with Crippen LogP contribution in [-0.2, 0) is 25.7 Å². The molecule has 0 amide bonds. The molecular weight excluding hydrogens is 605 g/mol. The molecule has 33 heavy (non-hydrogen) atoms. The minimum atomic E-state index is -4.21. The number of aromatic amines is 1. The number of hydrogen-bond acceptors (Lipinski definition) is 5. The van der Waals surface area contributed by atoms with Gasteiger partial charge in [0.2, 0.25) is 9.84 Å². The zero-order valence-corrected chi connectivity index (χ0v) is 21.2. The molecule has 2 N–H and O–H groups in total. The first-order valence-electron chi connectivity index (χ1n) is 9.17. The van der Waals surface area contributed by atoms with Crippen molar-refractivity contribution in [1.82, 2.24) is 4.98 Å². The Bertz CT molecular complexity index is 1560. The summed E-state index contributed by atoms with van der Waals surface area (Å²) >= 11 is 6.65. The molecule has 0 spiro atoms. The summed E-state index contributed by atoms with van der Waals surface area (Å²) in [6.45, 7) is 0. The number of fused-ring (bicyclic) bond motifs is 1. The van der Waals surface area contributed by atoms with Crippen LogP contribution >= 0.6 is 31.9 Å². The van der Waals surface area contributed by atoms with E-state index in [1.54, 1.807) is 18.2 Å². The lowest BCUT2D eigenvalue weighted by Gasteiger charge is -2.12. The van der Waals surface area contributed by atoms with Gasteiger partial charge in [-0.15, -0.1) is 0 Å². The highest BCUT2D eigenvalue weighted by atomic mass is 79.9. The molecule has 0 aliphatic rings. The van der Waals surface area contributed by atoms with Crippen molar-refractivity contribution in [3.05, 3.63) is 81.1 Å². The number of hydrogen-bond donors (Lipinski definition) is 2. The molecular formula is C21H14Br2FNO6S2. The maximum atomic E-state index is 13.2. The van der Waals surface area contributed by atoms with E-state index in [1.807, 2.05) is 0 Å². The predicted octanol–water partition coefficient (Wildman–Crippen LogP) is 5.84. The molecule has 0 bridgehead atoms. The lowest BCUT2D eigenvalue weighted by atomic mass is 10.2. The number of nitrogens with one attached hydrogen (secondary N) is 1. The second-order valence-corrected chi connectivity index (χ2v) is 12.1. The van der Waals surface area contributed by atoms with Gasteiger partial charge in [-0.3, -0.25) is 4.55 Å². The van der Waals surface area contributed by atoms with Crippen molar-refractivity contribution in [1.29, 1.82) is 0 Å². The van der Waals surface area contributed by atoms with Crippen molar-refractivity contribution in [2.75, 3.05) is 0 Å². The summed E-state index contributed by atoms with van der Waals surface area (Å²) in [7, 11) is -8.13. The lowest BCUT2D eigenvalue weighted by Crippen LogP contribution is -2.02. The average molecular weight is 619 g/mol. The third kappa shape index (κ3) is 5.14. The van der Waals surface area contributed by atoms with E-state index in [4.69, 9.17) is 9.29 Å². The van der Waals surface area contributed by atoms with Gasteiger partial charge in [-0.1, -0.05) is 0 Å². The second-order valence-electron chi connectivity index (χ2n) is 7.03. The third-order valence-electron chi connectivity index (χ3n) is 4.66. The molecule has 172 valence electrons. The second kappa shape index (κ2) is 8.84. The van der Waals surface area contributed by atoms with Crippen LogP contribution in [0.2, 0.25) is 0 Å². The molecule has 0 saturated carbocycles. The Morgan fingerprint density at radius 2 is 1.58 bits per heavy atom. The summed E-state index contributed by atoms with van der Waals surface area (Å²) in [6.07, 6.45) is 1.36. The van der Waals surface area contributed by atoms with Crippen LogP contribution in [0.4, 0.5) is 4.39 Å². The number of rotatable bonds is 6. The highest BCUT2D eigenvalue weighted by Crippen LogP contribution is 2.39. The molecule has 3 aromatic carbocycles. The van der Waals surface area contributed by atoms with Gasteiger partial charge in [0, 0.05) is 17.1 Å². The first-order valence-corrected chi connectivity index (χ1v) is 13.8.